The van der Waals surface area contributed by atoms with Crippen molar-refractivity contribution in [2.75, 3.05) is 0 Å². The van der Waals surface area contributed by atoms with Gasteiger partial charge in [-0.2, -0.15) is 13.2 Å². The first-order valence-corrected chi connectivity index (χ1v) is 7.67. The SMILES string of the molecule is FC(F)(F)c1ccc(CSc2nccc(-c3ccco3)n2)cc1. The quantitative estimate of drug-likeness (QED) is 0.494. The Kier molecular flexibility index (Phi) is 4.38. The molecule has 1 aromatic carbocycles. The third kappa shape index (κ3) is 3.92. The summed E-state index contributed by atoms with van der Waals surface area (Å²) in [6, 6.07) is 10.4. The molecular weight excluding hydrogens is 325 g/mol. The molecule has 0 aliphatic carbocycles. The molecule has 2 aromatic heterocycles. The topological polar surface area (TPSA) is 38.9 Å². The summed E-state index contributed by atoms with van der Waals surface area (Å²) in [7, 11) is 0. The molecule has 0 unspecified atom stereocenters. The Balaban J connectivity index is 1.68. The molecule has 3 nitrogen and oxygen atoms in total. The van der Waals surface area contributed by atoms with Gasteiger partial charge in [0, 0.05) is 11.9 Å². The van der Waals surface area contributed by atoms with Crippen molar-refractivity contribution < 1.29 is 17.6 Å². The van der Waals surface area contributed by atoms with Crippen LogP contribution in [0, 0.1) is 0 Å². The molecule has 0 spiro atoms. The molecule has 3 aromatic rings. The monoisotopic (exact) mass is 336 g/mol. The van der Waals surface area contributed by atoms with Crippen LogP contribution in [0.2, 0.25) is 0 Å². The van der Waals surface area contributed by atoms with E-state index >= 15 is 0 Å². The smallest absolute Gasteiger partial charge is 0.416 e. The van der Waals surface area contributed by atoms with Gasteiger partial charge in [0.1, 0.15) is 5.69 Å². The second-order valence-electron chi connectivity index (χ2n) is 4.69. The number of benzene rings is 1. The number of nitrogens with zero attached hydrogens (tertiary/aromatic N) is 2. The van der Waals surface area contributed by atoms with Gasteiger partial charge in [0.05, 0.1) is 11.8 Å². The lowest BCUT2D eigenvalue weighted by Gasteiger charge is -2.07. The van der Waals surface area contributed by atoms with Crippen LogP contribution < -0.4 is 0 Å². The Morgan fingerprint density at radius 1 is 1.04 bits per heavy atom. The van der Waals surface area contributed by atoms with Crippen LogP contribution >= 0.6 is 11.8 Å². The second-order valence-corrected chi connectivity index (χ2v) is 5.63. The molecule has 3 rings (SSSR count). The summed E-state index contributed by atoms with van der Waals surface area (Å²) in [5, 5.41) is 0.541. The van der Waals surface area contributed by atoms with E-state index in [1.807, 2.05) is 0 Å². The van der Waals surface area contributed by atoms with E-state index in [1.54, 1.807) is 30.7 Å². The predicted molar refractivity (Wildman–Crippen MR) is 80.7 cm³/mol. The zero-order valence-corrected chi connectivity index (χ0v) is 12.6. The molecule has 0 saturated carbocycles. The molecule has 0 radical (unpaired) electrons. The molecule has 0 amide bonds. The van der Waals surface area contributed by atoms with Crippen molar-refractivity contribution in [3.63, 3.8) is 0 Å². The van der Waals surface area contributed by atoms with Gasteiger partial charge in [0.2, 0.25) is 0 Å². The van der Waals surface area contributed by atoms with Crippen molar-refractivity contribution in [3.05, 3.63) is 66.1 Å². The van der Waals surface area contributed by atoms with E-state index < -0.39 is 11.7 Å². The number of aromatic nitrogens is 2. The van der Waals surface area contributed by atoms with E-state index in [2.05, 4.69) is 9.97 Å². The van der Waals surface area contributed by atoms with E-state index in [4.69, 9.17) is 4.42 Å². The molecule has 0 bridgehead atoms. The largest absolute Gasteiger partial charge is 0.463 e. The van der Waals surface area contributed by atoms with Crippen LogP contribution in [0.25, 0.3) is 11.5 Å². The summed E-state index contributed by atoms with van der Waals surface area (Å²) >= 11 is 1.35. The number of halogens is 3. The lowest BCUT2D eigenvalue weighted by molar-refractivity contribution is -0.137. The first-order chi connectivity index (χ1) is 11.0. The maximum absolute atomic E-state index is 12.5. The summed E-state index contributed by atoms with van der Waals surface area (Å²) in [5.41, 5.74) is 0.789. The summed E-state index contributed by atoms with van der Waals surface area (Å²) in [6.07, 6.45) is -1.13. The lowest BCUT2D eigenvalue weighted by Crippen LogP contribution is -2.04. The normalized spacial score (nSPS) is 11.6. The zero-order valence-electron chi connectivity index (χ0n) is 11.7. The van der Waals surface area contributed by atoms with Crippen molar-refractivity contribution in [1.82, 2.24) is 9.97 Å². The third-order valence-electron chi connectivity index (χ3n) is 3.06. The van der Waals surface area contributed by atoms with Crippen LogP contribution in [-0.4, -0.2) is 9.97 Å². The molecule has 0 atom stereocenters. The predicted octanol–water partition coefficient (Wildman–Crippen LogP) is 5.05. The summed E-state index contributed by atoms with van der Waals surface area (Å²) in [4.78, 5) is 8.52. The number of rotatable bonds is 4. The van der Waals surface area contributed by atoms with Gasteiger partial charge >= 0.3 is 6.18 Å². The molecule has 0 fully saturated rings. The molecule has 0 N–H and O–H groups in total. The minimum Gasteiger partial charge on any atom is -0.463 e. The maximum atomic E-state index is 12.5. The van der Waals surface area contributed by atoms with Gasteiger partial charge < -0.3 is 4.42 Å². The first-order valence-electron chi connectivity index (χ1n) is 6.68. The highest BCUT2D eigenvalue weighted by Crippen LogP contribution is 2.30. The summed E-state index contributed by atoms with van der Waals surface area (Å²) < 4.78 is 42.8. The van der Waals surface area contributed by atoms with Crippen molar-refractivity contribution >= 4 is 11.8 Å². The van der Waals surface area contributed by atoms with Gasteiger partial charge in [-0.25, -0.2) is 9.97 Å². The average molecular weight is 336 g/mol. The molecule has 2 heterocycles. The Morgan fingerprint density at radius 2 is 1.83 bits per heavy atom. The van der Waals surface area contributed by atoms with Crippen LogP contribution in [0.15, 0.2) is 64.5 Å². The van der Waals surface area contributed by atoms with Gasteiger partial charge in [-0.15, -0.1) is 0 Å². The first kappa shape index (κ1) is 15.6. The highest BCUT2D eigenvalue weighted by Gasteiger charge is 2.29. The molecule has 23 heavy (non-hydrogen) atoms. The van der Waals surface area contributed by atoms with Gasteiger partial charge in [0.25, 0.3) is 0 Å². The highest BCUT2D eigenvalue weighted by atomic mass is 32.2. The second kappa shape index (κ2) is 6.45. The van der Waals surface area contributed by atoms with Crippen molar-refractivity contribution in [2.45, 2.75) is 17.1 Å². The number of furan rings is 1. The highest BCUT2D eigenvalue weighted by molar-refractivity contribution is 7.98. The van der Waals surface area contributed by atoms with Crippen LogP contribution in [0.4, 0.5) is 13.2 Å². The third-order valence-corrected chi connectivity index (χ3v) is 3.99. The van der Waals surface area contributed by atoms with Gasteiger partial charge in [-0.3, -0.25) is 0 Å². The van der Waals surface area contributed by atoms with E-state index in [9.17, 15) is 13.2 Å². The molecule has 0 aliphatic rings. The van der Waals surface area contributed by atoms with Gasteiger partial charge in [0.15, 0.2) is 10.9 Å². The van der Waals surface area contributed by atoms with E-state index in [-0.39, 0.29) is 0 Å². The van der Waals surface area contributed by atoms with Crippen LogP contribution in [0.5, 0.6) is 0 Å². The molecule has 118 valence electrons. The number of hydrogen-bond acceptors (Lipinski definition) is 4. The Labute approximate surface area is 134 Å². The van der Waals surface area contributed by atoms with Crippen LogP contribution in [0.1, 0.15) is 11.1 Å². The fourth-order valence-electron chi connectivity index (χ4n) is 1.91. The van der Waals surface area contributed by atoms with Crippen LogP contribution in [-0.2, 0) is 11.9 Å². The maximum Gasteiger partial charge on any atom is 0.416 e. The molecule has 0 saturated heterocycles. The standard InChI is InChI=1S/C16H11F3N2OS/c17-16(18,19)12-5-3-11(4-6-12)10-23-15-20-8-7-13(21-15)14-2-1-9-22-14/h1-9H,10H2. The Hall–Kier alpha value is -2.28. The Morgan fingerprint density at radius 3 is 2.48 bits per heavy atom. The van der Waals surface area contributed by atoms with Crippen LogP contribution in [0.3, 0.4) is 0 Å². The fraction of sp³-hybridized carbons (Fsp3) is 0.125. The van der Waals surface area contributed by atoms with Gasteiger partial charge in [-0.1, -0.05) is 23.9 Å². The summed E-state index contributed by atoms with van der Waals surface area (Å²) in [5.74, 6) is 1.13. The van der Waals surface area contributed by atoms with E-state index in [1.165, 1.54) is 23.9 Å². The van der Waals surface area contributed by atoms with Crippen molar-refractivity contribution in [2.24, 2.45) is 0 Å². The minimum atomic E-state index is -4.31. The van der Waals surface area contributed by atoms with Crippen molar-refractivity contribution in [3.8, 4) is 11.5 Å². The molecule has 7 heteroatoms. The van der Waals surface area contributed by atoms with Gasteiger partial charge in [-0.05, 0) is 35.9 Å². The van der Waals surface area contributed by atoms with Crippen molar-refractivity contribution in [1.29, 1.82) is 0 Å². The molecular formula is C16H11F3N2OS. The lowest BCUT2D eigenvalue weighted by atomic mass is 10.1. The van der Waals surface area contributed by atoms with E-state index in [0.717, 1.165) is 17.7 Å². The summed E-state index contributed by atoms with van der Waals surface area (Å²) in [6.45, 7) is 0. The fourth-order valence-corrected chi connectivity index (χ4v) is 2.70. The molecule has 0 aliphatic heterocycles. The minimum absolute atomic E-state index is 0.486. The zero-order chi connectivity index (χ0) is 16.3. The number of thioether (sulfide) groups is 1. The average Bonchev–Trinajstić information content (AvgIpc) is 3.07. The Bertz CT molecular complexity index is 771. The number of alkyl halides is 3. The number of hydrogen-bond donors (Lipinski definition) is 0. The van der Waals surface area contributed by atoms with E-state index in [0.29, 0.717) is 22.4 Å².